The molecule has 0 aromatic heterocycles. The number of carbonyl (C=O) groups is 1. The van der Waals surface area contributed by atoms with Crippen LogP contribution in [0.1, 0.15) is 15.9 Å². The Morgan fingerprint density at radius 3 is 2.17 bits per heavy atom. The molecule has 1 amide bonds. The van der Waals surface area contributed by atoms with Crippen LogP contribution in [0.3, 0.4) is 0 Å². The van der Waals surface area contributed by atoms with Crippen LogP contribution in [0.4, 0.5) is 8.78 Å². The second-order valence-electron chi connectivity index (χ2n) is 4.83. The van der Waals surface area contributed by atoms with Crippen LogP contribution in [0, 0.1) is 11.6 Å². The van der Waals surface area contributed by atoms with Crippen LogP contribution < -0.4 is 19.5 Å². The third kappa shape index (κ3) is 3.73. The molecule has 2 aromatic rings. The van der Waals surface area contributed by atoms with E-state index in [1.165, 1.54) is 33.5 Å². The molecule has 0 aliphatic heterocycles. The number of benzene rings is 2. The topological polar surface area (TPSA) is 56.8 Å². The lowest BCUT2D eigenvalue weighted by atomic mass is 10.1. The minimum atomic E-state index is -0.596. The molecule has 0 fully saturated rings. The Balaban J connectivity index is 2.22. The van der Waals surface area contributed by atoms with Gasteiger partial charge in [0.05, 0.1) is 21.3 Å². The maximum atomic E-state index is 13.6. The van der Waals surface area contributed by atoms with Gasteiger partial charge in [-0.1, -0.05) is 0 Å². The Morgan fingerprint density at radius 2 is 1.62 bits per heavy atom. The summed E-state index contributed by atoms with van der Waals surface area (Å²) in [4.78, 5) is 12.3. The van der Waals surface area contributed by atoms with Crippen molar-refractivity contribution in [1.82, 2.24) is 5.32 Å². The van der Waals surface area contributed by atoms with Crippen molar-refractivity contribution in [1.29, 1.82) is 0 Å². The first-order chi connectivity index (χ1) is 11.5. The maximum absolute atomic E-state index is 13.6. The van der Waals surface area contributed by atoms with E-state index in [1.807, 2.05) is 0 Å². The Bertz CT molecular complexity index is 724. The highest BCUT2D eigenvalue weighted by molar-refractivity contribution is 5.95. The molecule has 7 heteroatoms. The third-order valence-corrected chi connectivity index (χ3v) is 3.37. The standard InChI is InChI=1S/C17H17F2NO4/c1-22-14-7-10(8-15(23-2)16(14)24-3)17(21)20-9-11-6-12(18)4-5-13(11)19/h4-8H,9H2,1-3H3,(H,20,21). The number of hydrogen-bond acceptors (Lipinski definition) is 4. The number of nitrogens with one attached hydrogen (secondary N) is 1. The van der Waals surface area contributed by atoms with E-state index in [9.17, 15) is 13.6 Å². The molecule has 0 radical (unpaired) electrons. The van der Waals surface area contributed by atoms with E-state index in [0.29, 0.717) is 17.2 Å². The average Bonchev–Trinajstić information content (AvgIpc) is 2.60. The van der Waals surface area contributed by atoms with Gasteiger partial charge in [0, 0.05) is 17.7 Å². The lowest BCUT2D eigenvalue weighted by Crippen LogP contribution is -2.23. The van der Waals surface area contributed by atoms with Gasteiger partial charge >= 0.3 is 0 Å². The molecule has 128 valence electrons. The van der Waals surface area contributed by atoms with Crippen LogP contribution in [0.15, 0.2) is 30.3 Å². The van der Waals surface area contributed by atoms with E-state index in [1.54, 1.807) is 0 Å². The molecular formula is C17H17F2NO4. The van der Waals surface area contributed by atoms with Gasteiger partial charge in [-0.05, 0) is 30.3 Å². The zero-order valence-corrected chi connectivity index (χ0v) is 13.5. The Labute approximate surface area is 138 Å². The number of halogens is 2. The number of hydrogen-bond donors (Lipinski definition) is 1. The number of methoxy groups -OCH3 is 3. The number of rotatable bonds is 6. The molecule has 0 unspecified atom stereocenters. The lowest BCUT2D eigenvalue weighted by molar-refractivity contribution is 0.0949. The highest BCUT2D eigenvalue weighted by Crippen LogP contribution is 2.38. The van der Waals surface area contributed by atoms with E-state index < -0.39 is 17.5 Å². The van der Waals surface area contributed by atoms with Gasteiger partial charge in [-0.2, -0.15) is 0 Å². The van der Waals surface area contributed by atoms with Gasteiger partial charge in [0.2, 0.25) is 5.75 Å². The molecule has 0 aliphatic rings. The van der Waals surface area contributed by atoms with Gasteiger partial charge in [-0.25, -0.2) is 8.78 Å². The Morgan fingerprint density at radius 1 is 1.00 bits per heavy atom. The summed E-state index contributed by atoms with van der Waals surface area (Å²) < 4.78 is 42.3. The summed E-state index contributed by atoms with van der Waals surface area (Å²) in [6, 6.07) is 6.00. The fourth-order valence-electron chi connectivity index (χ4n) is 2.17. The van der Waals surface area contributed by atoms with Crippen molar-refractivity contribution in [3.8, 4) is 17.2 Å². The summed E-state index contributed by atoms with van der Waals surface area (Å²) in [6.45, 7) is -0.154. The molecule has 1 N–H and O–H groups in total. The second-order valence-corrected chi connectivity index (χ2v) is 4.83. The molecule has 0 saturated heterocycles. The second kappa shape index (κ2) is 7.63. The molecular weight excluding hydrogens is 320 g/mol. The van der Waals surface area contributed by atoms with E-state index in [2.05, 4.69) is 5.32 Å². The molecule has 0 atom stereocenters. The largest absolute Gasteiger partial charge is 0.493 e. The first-order valence-corrected chi connectivity index (χ1v) is 7.02. The lowest BCUT2D eigenvalue weighted by Gasteiger charge is -2.14. The van der Waals surface area contributed by atoms with Crippen LogP contribution in [-0.4, -0.2) is 27.2 Å². The van der Waals surface area contributed by atoms with Gasteiger partial charge in [0.15, 0.2) is 11.5 Å². The van der Waals surface area contributed by atoms with Crippen LogP contribution in [-0.2, 0) is 6.54 Å². The summed E-state index contributed by atoms with van der Waals surface area (Å²) in [5.74, 6) is -0.668. The first kappa shape index (κ1) is 17.5. The SMILES string of the molecule is COc1cc(C(=O)NCc2cc(F)ccc2F)cc(OC)c1OC. The van der Waals surface area contributed by atoms with Gasteiger partial charge < -0.3 is 19.5 Å². The Kier molecular flexibility index (Phi) is 5.57. The predicted molar refractivity (Wildman–Crippen MR) is 83.6 cm³/mol. The fraction of sp³-hybridized carbons (Fsp3) is 0.235. The third-order valence-electron chi connectivity index (χ3n) is 3.37. The normalized spacial score (nSPS) is 10.2. The van der Waals surface area contributed by atoms with Crippen molar-refractivity contribution < 1.29 is 27.8 Å². The summed E-state index contributed by atoms with van der Waals surface area (Å²) >= 11 is 0. The van der Waals surface area contributed by atoms with E-state index in [0.717, 1.165) is 18.2 Å². The van der Waals surface area contributed by atoms with Crippen molar-refractivity contribution in [2.75, 3.05) is 21.3 Å². The molecule has 0 spiro atoms. The van der Waals surface area contributed by atoms with Crippen molar-refractivity contribution >= 4 is 5.91 Å². The predicted octanol–water partition coefficient (Wildman–Crippen LogP) is 2.92. The molecule has 0 bridgehead atoms. The van der Waals surface area contributed by atoms with E-state index in [-0.39, 0.29) is 17.7 Å². The number of ether oxygens (including phenoxy) is 3. The molecule has 0 heterocycles. The Hall–Kier alpha value is -2.83. The van der Waals surface area contributed by atoms with E-state index >= 15 is 0 Å². The quantitative estimate of drug-likeness (QED) is 0.881. The molecule has 24 heavy (non-hydrogen) atoms. The van der Waals surface area contributed by atoms with Crippen molar-refractivity contribution in [2.45, 2.75) is 6.54 Å². The molecule has 0 saturated carbocycles. The monoisotopic (exact) mass is 337 g/mol. The van der Waals surface area contributed by atoms with Gasteiger partial charge in [-0.15, -0.1) is 0 Å². The highest BCUT2D eigenvalue weighted by Gasteiger charge is 2.17. The van der Waals surface area contributed by atoms with Crippen molar-refractivity contribution in [3.63, 3.8) is 0 Å². The van der Waals surface area contributed by atoms with Crippen LogP contribution in [0.5, 0.6) is 17.2 Å². The molecule has 2 aromatic carbocycles. The van der Waals surface area contributed by atoms with Gasteiger partial charge in [0.25, 0.3) is 5.91 Å². The van der Waals surface area contributed by atoms with Gasteiger partial charge in [-0.3, -0.25) is 4.79 Å². The van der Waals surface area contributed by atoms with Crippen molar-refractivity contribution in [2.24, 2.45) is 0 Å². The zero-order valence-electron chi connectivity index (χ0n) is 13.5. The number of carbonyl (C=O) groups excluding carboxylic acids is 1. The molecule has 2 rings (SSSR count). The van der Waals surface area contributed by atoms with Crippen LogP contribution in [0.25, 0.3) is 0 Å². The summed E-state index contributed by atoms with van der Waals surface area (Å²) in [5.41, 5.74) is 0.289. The maximum Gasteiger partial charge on any atom is 0.251 e. The summed E-state index contributed by atoms with van der Waals surface area (Å²) in [5, 5.41) is 2.53. The van der Waals surface area contributed by atoms with Crippen LogP contribution in [0.2, 0.25) is 0 Å². The van der Waals surface area contributed by atoms with Crippen molar-refractivity contribution in [3.05, 3.63) is 53.1 Å². The summed E-state index contributed by atoms with van der Waals surface area (Å²) in [6.07, 6.45) is 0. The number of amides is 1. The zero-order chi connectivity index (χ0) is 17.7. The van der Waals surface area contributed by atoms with Gasteiger partial charge in [0.1, 0.15) is 11.6 Å². The minimum Gasteiger partial charge on any atom is -0.493 e. The first-order valence-electron chi connectivity index (χ1n) is 7.02. The fourth-order valence-corrected chi connectivity index (χ4v) is 2.17. The minimum absolute atomic E-state index is 0.0517. The molecule has 0 aliphatic carbocycles. The highest BCUT2D eigenvalue weighted by atomic mass is 19.1. The smallest absolute Gasteiger partial charge is 0.251 e. The van der Waals surface area contributed by atoms with Crippen LogP contribution >= 0.6 is 0 Å². The average molecular weight is 337 g/mol. The van der Waals surface area contributed by atoms with E-state index in [4.69, 9.17) is 14.2 Å². The summed E-state index contributed by atoms with van der Waals surface area (Å²) in [7, 11) is 4.31. The molecule has 5 nitrogen and oxygen atoms in total.